The molecule has 0 radical (unpaired) electrons. The van der Waals surface area contributed by atoms with Crippen molar-refractivity contribution >= 4 is 11.8 Å². The van der Waals surface area contributed by atoms with Crippen molar-refractivity contribution in [3.63, 3.8) is 0 Å². The van der Waals surface area contributed by atoms with E-state index in [1.54, 1.807) is 23.2 Å². The van der Waals surface area contributed by atoms with Crippen LogP contribution < -0.4 is 0 Å². The summed E-state index contributed by atoms with van der Waals surface area (Å²) in [6.45, 7) is 1.50. The van der Waals surface area contributed by atoms with Crippen LogP contribution in [-0.4, -0.2) is 46.7 Å². The molecule has 2 heterocycles. The number of likely N-dealkylation sites (N-methyl/N-ethyl adjacent to an activating group) is 1. The summed E-state index contributed by atoms with van der Waals surface area (Å²) in [5.41, 5.74) is 2.11. The fourth-order valence-corrected chi connectivity index (χ4v) is 4.75. The number of carbonyl (C=O) groups excluding carboxylic acids is 2. The van der Waals surface area contributed by atoms with E-state index in [0.29, 0.717) is 45.3 Å². The summed E-state index contributed by atoms with van der Waals surface area (Å²) >= 11 is 0. The number of piperidine rings is 1. The average Bonchev–Trinajstić information content (AvgIpc) is 2.89. The van der Waals surface area contributed by atoms with Crippen LogP contribution >= 0.6 is 0 Å². The molecule has 0 spiro atoms. The molecule has 0 atom stereocenters. The van der Waals surface area contributed by atoms with E-state index in [1.807, 2.05) is 60.5 Å². The Morgan fingerprint density at radius 2 is 1.65 bits per heavy atom. The molecular formula is C28H30FN3O2. The lowest BCUT2D eigenvalue weighted by Crippen LogP contribution is -2.53. The molecule has 34 heavy (non-hydrogen) atoms. The summed E-state index contributed by atoms with van der Waals surface area (Å²) < 4.78 is 13.1. The highest BCUT2D eigenvalue weighted by atomic mass is 19.1. The lowest BCUT2D eigenvalue weighted by Gasteiger charge is -2.43. The number of carbonyl (C=O) groups is 2. The Balaban J connectivity index is 1.45. The van der Waals surface area contributed by atoms with Crippen LogP contribution in [0.5, 0.6) is 0 Å². The van der Waals surface area contributed by atoms with E-state index >= 15 is 0 Å². The molecule has 2 amide bonds. The zero-order valence-corrected chi connectivity index (χ0v) is 19.5. The van der Waals surface area contributed by atoms with Crippen molar-refractivity contribution in [1.82, 2.24) is 14.8 Å². The fraction of sp³-hybridized carbons (Fsp3) is 0.321. The van der Waals surface area contributed by atoms with Crippen LogP contribution in [0.15, 0.2) is 79.0 Å². The lowest BCUT2D eigenvalue weighted by molar-refractivity contribution is -0.142. The van der Waals surface area contributed by atoms with Gasteiger partial charge in [0, 0.05) is 32.8 Å². The van der Waals surface area contributed by atoms with Crippen molar-refractivity contribution in [3.05, 3.63) is 102 Å². The molecule has 4 rings (SSSR count). The maximum Gasteiger partial charge on any atom is 0.233 e. The minimum Gasteiger partial charge on any atom is -0.343 e. The van der Waals surface area contributed by atoms with Gasteiger partial charge < -0.3 is 9.80 Å². The number of benzene rings is 2. The van der Waals surface area contributed by atoms with Crippen molar-refractivity contribution in [2.75, 3.05) is 20.1 Å². The van der Waals surface area contributed by atoms with Gasteiger partial charge in [0.25, 0.3) is 0 Å². The molecule has 5 nitrogen and oxygen atoms in total. The van der Waals surface area contributed by atoms with Gasteiger partial charge in [0.15, 0.2) is 0 Å². The number of hydrogen-bond donors (Lipinski definition) is 0. The Kier molecular flexibility index (Phi) is 7.36. The van der Waals surface area contributed by atoms with Gasteiger partial charge >= 0.3 is 0 Å². The number of pyridine rings is 1. The van der Waals surface area contributed by atoms with E-state index < -0.39 is 5.41 Å². The van der Waals surface area contributed by atoms with Crippen LogP contribution in [0.1, 0.15) is 36.1 Å². The third kappa shape index (κ3) is 5.33. The van der Waals surface area contributed by atoms with E-state index in [0.717, 1.165) is 16.8 Å². The summed E-state index contributed by atoms with van der Waals surface area (Å²) in [6.07, 6.45) is 3.83. The topological polar surface area (TPSA) is 53.5 Å². The monoisotopic (exact) mass is 459 g/mol. The van der Waals surface area contributed by atoms with Gasteiger partial charge in [-0.05, 0) is 54.7 Å². The third-order valence-corrected chi connectivity index (χ3v) is 6.72. The SMILES string of the molecule is CN(Cc1ccccn1)C(=O)C1(c2ccccc2)CCN(C(=O)CCc2ccc(F)cc2)CC1. The van der Waals surface area contributed by atoms with Gasteiger partial charge in [-0.3, -0.25) is 14.6 Å². The van der Waals surface area contributed by atoms with E-state index in [2.05, 4.69) is 4.98 Å². The minimum atomic E-state index is -0.668. The average molecular weight is 460 g/mol. The first kappa shape index (κ1) is 23.6. The molecule has 0 unspecified atom stereocenters. The van der Waals surface area contributed by atoms with Gasteiger partial charge in [0.1, 0.15) is 5.82 Å². The molecule has 1 aliphatic rings. The first-order valence-corrected chi connectivity index (χ1v) is 11.7. The molecule has 176 valence electrons. The minimum absolute atomic E-state index is 0.0581. The van der Waals surface area contributed by atoms with Crippen LogP contribution in [0.25, 0.3) is 0 Å². The molecule has 0 N–H and O–H groups in total. The summed E-state index contributed by atoms with van der Waals surface area (Å²) in [7, 11) is 1.82. The van der Waals surface area contributed by atoms with Gasteiger partial charge in [0.2, 0.25) is 11.8 Å². The maximum atomic E-state index is 13.8. The Hall–Kier alpha value is -3.54. The van der Waals surface area contributed by atoms with E-state index in [1.165, 1.54) is 12.1 Å². The van der Waals surface area contributed by atoms with Crippen molar-refractivity contribution in [1.29, 1.82) is 0 Å². The number of rotatable bonds is 7. The maximum absolute atomic E-state index is 13.8. The van der Waals surface area contributed by atoms with Gasteiger partial charge in [0.05, 0.1) is 17.7 Å². The number of nitrogens with zero attached hydrogens (tertiary/aromatic N) is 3. The van der Waals surface area contributed by atoms with Crippen LogP contribution in [0, 0.1) is 5.82 Å². The second-order valence-electron chi connectivity index (χ2n) is 8.94. The Morgan fingerprint density at radius 3 is 2.29 bits per heavy atom. The molecule has 6 heteroatoms. The highest BCUT2D eigenvalue weighted by Crippen LogP contribution is 2.37. The molecule has 1 aromatic heterocycles. The molecule has 1 fully saturated rings. The van der Waals surface area contributed by atoms with E-state index in [-0.39, 0.29) is 17.6 Å². The molecular weight excluding hydrogens is 429 g/mol. The Morgan fingerprint density at radius 1 is 0.971 bits per heavy atom. The zero-order valence-electron chi connectivity index (χ0n) is 19.5. The molecule has 0 aliphatic carbocycles. The Labute approximate surface area is 200 Å². The number of likely N-dealkylation sites (tertiary alicyclic amines) is 1. The normalized spacial score (nSPS) is 15.1. The lowest BCUT2D eigenvalue weighted by atomic mass is 9.71. The molecule has 0 saturated carbocycles. The zero-order chi connectivity index (χ0) is 24.0. The molecule has 1 aliphatic heterocycles. The van der Waals surface area contributed by atoms with Crippen LogP contribution in [-0.2, 0) is 28.0 Å². The molecule has 3 aromatic rings. The second kappa shape index (κ2) is 10.6. The molecule has 0 bridgehead atoms. The summed E-state index contributed by atoms with van der Waals surface area (Å²) in [4.78, 5) is 34.7. The standard InChI is InChI=1S/C28H30FN3O2/c1-31(21-25-9-5-6-18-30-25)27(34)28(23-7-3-2-4-8-23)16-19-32(20-17-28)26(33)15-12-22-10-13-24(29)14-11-22/h2-11,13-14,18H,12,15-17,19-21H2,1H3. The third-order valence-electron chi connectivity index (χ3n) is 6.72. The summed E-state index contributed by atoms with van der Waals surface area (Å²) in [5.74, 6) is -0.149. The smallest absolute Gasteiger partial charge is 0.233 e. The largest absolute Gasteiger partial charge is 0.343 e. The second-order valence-corrected chi connectivity index (χ2v) is 8.94. The molecule has 2 aromatic carbocycles. The number of aryl methyl sites for hydroxylation is 1. The predicted octanol–water partition coefficient (Wildman–Crippen LogP) is 4.37. The summed E-state index contributed by atoms with van der Waals surface area (Å²) in [5, 5.41) is 0. The molecule has 1 saturated heterocycles. The quantitative estimate of drug-likeness (QED) is 0.527. The summed E-state index contributed by atoms with van der Waals surface area (Å²) in [6, 6.07) is 21.9. The van der Waals surface area contributed by atoms with Crippen molar-refractivity contribution in [2.45, 2.75) is 37.6 Å². The Bertz CT molecular complexity index is 1100. The van der Waals surface area contributed by atoms with Crippen LogP contribution in [0.4, 0.5) is 4.39 Å². The van der Waals surface area contributed by atoms with Crippen molar-refractivity contribution in [3.8, 4) is 0 Å². The van der Waals surface area contributed by atoms with Crippen LogP contribution in [0.3, 0.4) is 0 Å². The number of amides is 2. The number of halogens is 1. The fourth-order valence-electron chi connectivity index (χ4n) is 4.75. The van der Waals surface area contributed by atoms with Gasteiger partial charge in [-0.25, -0.2) is 4.39 Å². The first-order chi connectivity index (χ1) is 16.5. The number of aromatic nitrogens is 1. The highest BCUT2D eigenvalue weighted by molar-refractivity contribution is 5.88. The van der Waals surface area contributed by atoms with Crippen molar-refractivity contribution in [2.24, 2.45) is 0 Å². The van der Waals surface area contributed by atoms with E-state index in [9.17, 15) is 14.0 Å². The van der Waals surface area contributed by atoms with E-state index in [4.69, 9.17) is 0 Å². The van der Waals surface area contributed by atoms with Gasteiger partial charge in [-0.2, -0.15) is 0 Å². The van der Waals surface area contributed by atoms with Crippen molar-refractivity contribution < 1.29 is 14.0 Å². The van der Waals surface area contributed by atoms with Gasteiger partial charge in [-0.1, -0.05) is 48.5 Å². The van der Waals surface area contributed by atoms with Gasteiger partial charge in [-0.15, -0.1) is 0 Å². The predicted molar refractivity (Wildman–Crippen MR) is 129 cm³/mol. The first-order valence-electron chi connectivity index (χ1n) is 11.7. The van der Waals surface area contributed by atoms with Crippen LogP contribution in [0.2, 0.25) is 0 Å². The highest BCUT2D eigenvalue weighted by Gasteiger charge is 2.45. The number of hydrogen-bond acceptors (Lipinski definition) is 3.